The molecule has 2 saturated carbocycles. The molecule has 4 atom stereocenters. The Kier molecular flexibility index (Phi) is 2.63. The molecule has 0 aromatic heterocycles. The van der Waals surface area contributed by atoms with E-state index in [1.54, 1.807) is 0 Å². The molecule has 0 N–H and O–H groups in total. The highest BCUT2D eigenvalue weighted by atomic mass is 16.1. The van der Waals surface area contributed by atoms with Crippen molar-refractivity contribution in [2.24, 2.45) is 16.7 Å². The van der Waals surface area contributed by atoms with Crippen LogP contribution < -0.4 is 0 Å². The summed E-state index contributed by atoms with van der Waals surface area (Å²) >= 11 is 0. The van der Waals surface area contributed by atoms with Gasteiger partial charge in [-0.15, -0.1) is 0 Å². The van der Waals surface area contributed by atoms with E-state index in [2.05, 4.69) is 39.1 Å². The topological polar surface area (TPSA) is 17.1 Å². The lowest BCUT2D eigenvalue weighted by Gasteiger charge is -2.45. The fraction of sp³-hybridized carbons (Fsp3) is 0.421. The second kappa shape index (κ2) is 3.94. The first-order chi connectivity index (χ1) is 9.34. The molecule has 0 radical (unpaired) electrons. The third-order valence-corrected chi connectivity index (χ3v) is 6.08. The number of Topliss-reactive ketones (excluding diaryl/α,β-unsaturated/α-hetero) is 1. The summed E-state index contributed by atoms with van der Waals surface area (Å²) in [6.45, 7) is 14.8. The zero-order valence-electron chi connectivity index (χ0n) is 12.6. The highest BCUT2D eigenvalue weighted by Crippen LogP contribution is 2.70. The van der Waals surface area contributed by atoms with Gasteiger partial charge in [0.25, 0.3) is 0 Å². The molecule has 2 aliphatic carbocycles. The number of allylic oxidation sites excluding steroid dienone is 2. The Hall–Kier alpha value is -1.63. The zero-order valence-corrected chi connectivity index (χ0v) is 12.6. The smallest absolute Gasteiger partial charge is 0.147 e. The molecular weight excluding hydrogens is 244 g/mol. The zero-order chi connectivity index (χ0) is 14.7. The van der Waals surface area contributed by atoms with Crippen LogP contribution in [0, 0.1) is 16.7 Å². The lowest BCUT2D eigenvalue weighted by atomic mass is 9.57. The summed E-state index contributed by atoms with van der Waals surface area (Å²) in [5.74, 6) is 0.611. The van der Waals surface area contributed by atoms with Crippen molar-refractivity contribution in [1.82, 2.24) is 0 Å². The van der Waals surface area contributed by atoms with Crippen LogP contribution >= 0.6 is 0 Å². The molecular formula is C19H22O. The summed E-state index contributed by atoms with van der Waals surface area (Å²) in [5.41, 5.74) is 2.81. The van der Waals surface area contributed by atoms with Crippen molar-refractivity contribution in [3.8, 4) is 0 Å². The standard InChI is InChI=1S/C19H22O/c1-12(2)18(4)11-15-16(14-9-7-6-8-10-14)13(3)19(18,5)17(15)20/h6-10,15-16H,1,3,11H2,2,4-5H3/t15?,16-,18-,19?/m0/s1. The molecule has 0 saturated heterocycles. The van der Waals surface area contributed by atoms with Gasteiger partial charge in [-0.1, -0.05) is 61.6 Å². The van der Waals surface area contributed by atoms with Crippen molar-refractivity contribution in [1.29, 1.82) is 0 Å². The van der Waals surface area contributed by atoms with E-state index in [1.807, 2.05) is 25.1 Å². The van der Waals surface area contributed by atoms with Gasteiger partial charge < -0.3 is 0 Å². The van der Waals surface area contributed by atoms with E-state index in [4.69, 9.17) is 0 Å². The summed E-state index contributed by atoms with van der Waals surface area (Å²) in [6.07, 6.45) is 0.899. The molecule has 3 rings (SSSR count). The Morgan fingerprint density at radius 1 is 1.25 bits per heavy atom. The van der Waals surface area contributed by atoms with E-state index < -0.39 is 5.41 Å². The molecule has 20 heavy (non-hydrogen) atoms. The Balaban J connectivity index is 2.11. The van der Waals surface area contributed by atoms with Gasteiger partial charge in [-0.3, -0.25) is 4.79 Å². The van der Waals surface area contributed by atoms with Gasteiger partial charge in [-0.05, 0) is 25.8 Å². The molecule has 2 bridgehead atoms. The average Bonchev–Trinajstić information content (AvgIpc) is 2.74. The third-order valence-electron chi connectivity index (χ3n) is 6.08. The predicted molar refractivity (Wildman–Crippen MR) is 82.5 cm³/mol. The molecule has 1 heteroatoms. The van der Waals surface area contributed by atoms with E-state index in [-0.39, 0.29) is 17.3 Å². The number of carbonyl (C=O) groups excluding carboxylic acids is 1. The normalized spacial score (nSPS) is 39.4. The molecule has 2 aliphatic rings. The fourth-order valence-corrected chi connectivity index (χ4v) is 4.41. The monoisotopic (exact) mass is 266 g/mol. The molecule has 2 fully saturated rings. The Bertz CT molecular complexity index is 612. The molecule has 1 nitrogen and oxygen atoms in total. The van der Waals surface area contributed by atoms with Gasteiger partial charge in [-0.2, -0.15) is 0 Å². The van der Waals surface area contributed by atoms with Crippen molar-refractivity contribution in [3.05, 3.63) is 60.2 Å². The van der Waals surface area contributed by atoms with Crippen molar-refractivity contribution in [2.45, 2.75) is 33.1 Å². The first-order valence-electron chi connectivity index (χ1n) is 7.28. The summed E-state index contributed by atoms with van der Waals surface area (Å²) in [6, 6.07) is 10.3. The summed E-state index contributed by atoms with van der Waals surface area (Å²) in [7, 11) is 0. The van der Waals surface area contributed by atoms with Gasteiger partial charge in [0.1, 0.15) is 5.78 Å². The number of hydrogen-bond donors (Lipinski definition) is 0. The van der Waals surface area contributed by atoms with Gasteiger partial charge in [0.05, 0.1) is 5.41 Å². The van der Waals surface area contributed by atoms with Crippen LogP contribution in [0.15, 0.2) is 54.6 Å². The summed E-state index contributed by atoms with van der Waals surface area (Å²) in [5, 5.41) is 0. The number of hydrogen-bond acceptors (Lipinski definition) is 1. The van der Waals surface area contributed by atoms with Crippen molar-refractivity contribution < 1.29 is 4.79 Å². The van der Waals surface area contributed by atoms with Crippen LogP contribution in [0.1, 0.15) is 38.7 Å². The van der Waals surface area contributed by atoms with E-state index in [0.29, 0.717) is 5.78 Å². The maximum atomic E-state index is 12.9. The second-order valence-electron chi connectivity index (χ2n) is 6.83. The van der Waals surface area contributed by atoms with Gasteiger partial charge >= 0.3 is 0 Å². The van der Waals surface area contributed by atoms with Gasteiger partial charge in [0.15, 0.2) is 0 Å². The SMILES string of the molecule is C=C1[C@@H](c2ccccc2)C2C[C@@](C)(C(=C)C)C1(C)C2=O. The van der Waals surface area contributed by atoms with Gasteiger partial charge in [0, 0.05) is 17.3 Å². The fourth-order valence-electron chi connectivity index (χ4n) is 4.41. The van der Waals surface area contributed by atoms with Crippen LogP contribution in [0.3, 0.4) is 0 Å². The molecule has 0 spiro atoms. The van der Waals surface area contributed by atoms with E-state index in [1.165, 1.54) is 5.56 Å². The number of ketones is 1. The number of rotatable bonds is 2. The number of benzene rings is 1. The Morgan fingerprint density at radius 2 is 1.85 bits per heavy atom. The van der Waals surface area contributed by atoms with Crippen LogP contribution in [0.2, 0.25) is 0 Å². The van der Waals surface area contributed by atoms with Crippen LogP contribution in [0.5, 0.6) is 0 Å². The van der Waals surface area contributed by atoms with E-state index in [0.717, 1.165) is 17.6 Å². The first-order valence-corrected chi connectivity index (χ1v) is 7.28. The minimum absolute atomic E-state index is 0.0663. The largest absolute Gasteiger partial charge is 0.298 e. The highest BCUT2D eigenvalue weighted by Gasteiger charge is 2.68. The van der Waals surface area contributed by atoms with E-state index in [9.17, 15) is 4.79 Å². The summed E-state index contributed by atoms with van der Waals surface area (Å²) in [4.78, 5) is 12.9. The minimum atomic E-state index is -0.454. The molecule has 104 valence electrons. The molecule has 1 aromatic rings. The molecule has 1 aromatic carbocycles. The first kappa shape index (κ1) is 13.4. The number of carbonyl (C=O) groups is 1. The Morgan fingerprint density at radius 3 is 2.35 bits per heavy atom. The van der Waals surface area contributed by atoms with Crippen molar-refractivity contribution in [3.63, 3.8) is 0 Å². The second-order valence-corrected chi connectivity index (χ2v) is 6.83. The highest BCUT2D eigenvalue weighted by molar-refractivity contribution is 5.98. The average molecular weight is 266 g/mol. The van der Waals surface area contributed by atoms with Gasteiger partial charge in [-0.25, -0.2) is 0 Å². The lowest BCUT2D eigenvalue weighted by Crippen LogP contribution is -2.39. The van der Waals surface area contributed by atoms with Crippen molar-refractivity contribution in [2.75, 3.05) is 0 Å². The van der Waals surface area contributed by atoms with Crippen LogP contribution in [0.25, 0.3) is 0 Å². The third kappa shape index (κ3) is 1.31. The van der Waals surface area contributed by atoms with Crippen LogP contribution in [-0.4, -0.2) is 5.78 Å². The molecule has 0 amide bonds. The van der Waals surface area contributed by atoms with Crippen LogP contribution in [0.4, 0.5) is 0 Å². The predicted octanol–water partition coefficient (Wildman–Crippen LogP) is 4.52. The van der Waals surface area contributed by atoms with Crippen molar-refractivity contribution >= 4 is 5.78 Å². The van der Waals surface area contributed by atoms with Crippen LogP contribution in [-0.2, 0) is 4.79 Å². The molecule has 2 unspecified atom stereocenters. The molecule has 0 heterocycles. The quantitative estimate of drug-likeness (QED) is 0.719. The lowest BCUT2D eigenvalue weighted by molar-refractivity contribution is -0.125. The molecule has 0 aliphatic heterocycles. The summed E-state index contributed by atoms with van der Waals surface area (Å²) < 4.78 is 0. The minimum Gasteiger partial charge on any atom is -0.298 e. The van der Waals surface area contributed by atoms with Gasteiger partial charge in [0.2, 0.25) is 0 Å². The maximum absolute atomic E-state index is 12.9. The van der Waals surface area contributed by atoms with E-state index >= 15 is 0 Å². The number of fused-ring (bicyclic) bond motifs is 2. The Labute approximate surface area is 121 Å². The maximum Gasteiger partial charge on any atom is 0.147 e.